The van der Waals surface area contributed by atoms with Gasteiger partial charge in [-0.1, -0.05) is 18.2 Å². The molecule has 1 aromatic rings. The third kappa shape index (κ3) is 3.80. The van der Waals surface area contributed by atoms with Crippen molar-refractivity contribution in [3.8, 4) is 0 Å². The number of rotatable bonds is 3. The Morgan fingerprint density at radius 1 is 1.27 bits per heavy atom. The van der Waals surface area contributed by atoms with Gasteiger partial charge < -0.3 is 9.64 Å². The van der Waals surface area contributed by atoms with E-state index >= 15 is 0 Å². The summed E-state index contributed by atoms with van der Waals surface area (Å²) in [6.45, 7) is 3.92. The molecule has 1 amide bonds. The van der Waals surface area contributed by atoms with Crippen LogP contribution < -0.4 is 0 Å². The number of halogens is 1. The summed E-state index contributed by atoms with van der Waals surface area (Å²) in [5, 5.41) is 0. The minimum absolute atomic E-state index is 0.0820. The van der Waals surface area contributed by atoms with Gasteiger partial charge in [0.05, 0.1) is 6.61 Å². The highest BCUT2D eigenvalue weighted by Gasteiger charge is 2.31. The van der Waals surface area contributed by atoms with E-state index in [4.69, 9.17) is 4.74 Å². The van der Waals surface area contributed by atoms with Crippen LogP contribution in [0.25, 0.3) is 0 Å². The van der Waals surface area contributed by atoms with Crippen LogP contribution in [-0.4, -0.2) is 66.1 Å². The van der Waals surface area contributed by atoms with E-state index in [1.54, 1.807) is 12.1 Å². The van der Waals surface area contributed by atoms with Crippen molar-refractivity contribution in [3.63, 3.8) is 0 Å². The number of hydrogen-bond donors (Lipinski definition) is 0. The minimum Gasteiger partial charge on any atom is -0.366 e. The van der Waals surface area contributed by atoms with Crippen LogP contribution in [0.5, 0.6) is 0 Å². The summed E-state index contributed by atoms with van der Waals surface area (Å²) in [7, 11) is 0. The number of carbonyl (C=O) groups is 1. The molecule has 4 nitrogen and oxygen atoms in total. The van der Waals surface area contributed by atoms with E-state index in [9.17, 15) is 9.18 Å². The lowest BCUT2D eigenvalue weighted by atomic mass is 10.1. The second kappa shape index (κ2) is 7.44. The zero-order valence-electron chi connectivity index (χ0n) is 12.5. The third-order valence-electron chi connectivity index (χ3n) is 4.10. The molecule has 3 rings (SSSR count). The molecular weight excluding hydrogens is 303 g/mol. The molecule has 2 heterocycles. The number of amides is 1. The van der Waals surface area contributed by atoms with Gasteiger partial charge in [-0.3, -0.25) is 9.69 Å². The molecule has 2 saturated heterocycles. The molecular formula is C16H21FN2O2S. The fraction of sp³-hybridized carbons (Fsp3) is 0.562. The molecule has 2 fully saturated rings. The van der Waals surface area contributed by atoms with Crippen LogP contribution in [0.3, 0.4) is 0 Å². The van der Waals surface area contributed by atoms with E-state index in [0.29, 0.717) is 25.3 Å². The molecule has 120 valence electrons. The Labute approximate surface area is 134 Å². The summed E-state index contributed by atoms with van der Waals surface area (Å²) in [6.07, 6.45) is -0.413. The quantitative estimate of drug-likeness (QED) is 0.846. The van der Waals surface area contributed by atoms with Crippen LogP contribution >= 0.6 is 11.8 Å². The normalized spacial score (nSPS) is 23.5. The highest BCUT2D eigenvalue weighted by Crippen LogP contribution is 2.16. The summed E-state index contributed by atoms with van der Waals surface area (Å²) >= 11 is 1.88. The maximum atomic E-state index is 13.8. The lowest BCUT2D eigenvalue weighted by molar-refractivity contribution is -0.149. The molecule has 2 aliphatic rings. The van der Waals surface area contributed by atoms with Crippen molar-refractivity contribution in [1.29, 1.82) is 0 Å². The van der Waals surface area contributed by atoms with Gasteiger partial charge in [0.15, 0.2) is 0 Å². The van der Waals surface area contributed by atoms with Gasteiger partial charge in [-0.2, -0.15) is 11.8 Å². The highest BCUT2D eigenvalue weighted by molar-refractivity contribution is 7.99. The van der Waals surface area contributed by atoms with E-state index in [0.717, 1.165) is 31.1 Å². The van der Waals surface area contributed by atoms with E-state index in [1.807, 2.05) is 22.7 Å². The van der Waals surface area contributed by atoms with Gasteiger partial charge in [-0.05, 0) is 6.07 Å². The zero-order chi connectivity index (χ0) is 15.4. The number of hydrogen-bond acceptors (Lipinski definition) is 4. The first kappa shape index (κ1) is 15.8. The molecule has 22 heavy (non-hydrogen) atoms. The molecule has 1 atom stereocenters. The van der Waals surface area contributed by atoms with Crippen molar-refractivity contribution in [2.24, 2.45) is 0 Å². The molecule has 0 N–H and O–H groups in total. The van der Waals surface area contributed by atoms with Gasteiger partial charge in [0.25, 0.3) is 5.91 Å². The SMILES string of the molecule is O=C(C1CN(Cc2ccccc2F)CCO1)N1CCSCC1. The zero-order valence-corrected chi connectivity index (χ0v) is 13.4. The van der Waals surface area contributed by atoms with Gasteiger partial charge >= 0.3 is 0 Å². The topological polar surface area (TPSA) is 32.8 Å². The van der Waals surface area contributed by atoms with Crippen molar-refractivity contribution in [2.75, 3.05) is 44.3 Å². The van der Waals surface area contributed by atoms with Crippen LogP contribution in [0.15, 0.2) is 24.3 Å². The van der Waals surface area contributed by atoms with Crippen molar-refractivity contribution in [1.82, 2.24) is 9.80 Å². The summed E-state index contributed by atoms with van der Waals surface area (Å²) < 4.78 is 19.4. The van der Waals surface area contributed by atoms with Crippen molar-refractivity contribution < 1.29 is 13.9 Å². The van der Waals surface area contributed by atoms with Gasteiger partial charge in [0.1, 0.15) is 11.9 Å². The summed E-state index contributed by atoms with van der Waals surface area (Å²) in [5.74, 6) is 1.89. The number of morpholine rings is 1. The molecule has 0 spiro atoms. The maximum Gasteiger partial charge on any atom is 0.253 e. The van der Waals surface area contributed by atoms with Crippen LogP contribution in [0.4, 0.5) is 4.39 Å². The molecule has 0 radical (unpaired) electrons. The van der Waals surface area contributed by atoms with Crippen LogP contribution in [0.2, 0.25) is 0 Å². The van der Waals surface area contributed by atoms with Gasteiger partial charge in [0, 0.05) is 49.8 Å². The Kier molecular flexibility index (Phi) is 5.33. The Bertz CT molecular complexity index is 523. The smallest absolute Gasteiger partial charge is 0.253 e. The monoisotopic (exact) mass is 324 g/mol. The van der Waals surface area contributed by atoms with Crippen molar-refractivity contribution in [2.45, 2.75) is 12.6 Å². The van der Waals surface area contributed by atoms with Crippen LogP contribution in [-0.2, 0) is 16.1 Å². The predicted molar refractivity (Wildman–Crippen MR) is 85.3 cm³/mol. The summed E-state index contributed by atoms with van der Waals surface area (Å²) in [4.78, 5) is 16.5. The standard InChI is InChI=1S/C16H21FN2O2S/c17-14-4-2-1-3-13(14)11-18-5-8-21-15(12-18)16(20)19-6-9-22-10-7-19/h1-4,15H,5-12H2. The number of ether oxygens (including phenoxy) is 1. The number of thioether (sulfide) groups is 1. The Hall–Kier alpha value is -1.11. The van der Waals surface area contributed by atoms with E-state index in [1.165, 1.54) is 6.07 Å². The molecule has 0 aliphatic carbocycles. The second-order valence-electron chi connectivity index (χ2n) is 5.62. The Balaban J connectivity index is 1.59. The predicted octanol–water partition coefficient (Wildman–Crippen LogP) is 1.60. The number of nitrogens with zero attached hydrogens (tertiary/aromatic N) is 2. The van der Waals surface area contributed by atoms with Crippen LogP contribution in [0, 0.1) is 5.82 Å². The first-order valence-electron chi connectivity index (χ1n) is 7.68. The molecule has 0 saturated carbocycles. The Morgan fingerprint density at radius 2 is 2.05 bits per heavy atom. The van der Waals surface area contributed by atoms with E-state index < -0.39 is 6.10 Å². The summed E-state index contributed by atoms with van der Waals surface area (Å²) in [6, 6.07) is 6.80. The molecule has 0 bridgehead atoms. The lowest BCUT2D eigenvalue weighted by Gasteiger charge is -2.36. The largest absolute Gasteiger partial charge is 0.366 e. The third-order valence-corrected chi connectivity index (χ3v) is 5.04. The van der Waals surface area contributed by atoms with Crippen LogP contribution in [0.1, 0.15) is 5.56 Å². The number of benzene rings is 1. The average molecular weight is 324 g/mol. The first-order valence-corrected chi connectivity index (χ1v) is 8.83. The fourth-order valence-electron chi connectivity index (χ4n) is 2.85. The molecule has 1 aromatic carbocycles. The highest BCUT2D eigenvalue weighted by atomic mass is 32.2. The van der Waals surface area contributed by atoms with E-state index in [-0.39, 0.29) is 11.7 Å². The van der Waals surface area contributed by atoms with Gasteiger partial charge in [-0.25, -0.2) is 4.39 Å². The molecule has 0 aromatic heterocycles. The molecule has 1 unspecified atom stereocenters. The second-order valence-corrected chi connectivity index (χ2v) is 6.85. The first-order chi connectivity index (χ1) is 10.7. The molecule has 6 heteroatoms. The van der Waals surface area contributed by atoms with Crippen molar-refractivity contribution >= 4 is 17.7 Å². The van der Waals surface area contributed by atoms with E-state index in [2.05, 4.69) is 4.90 Å². The fourth-order valence-corrected chi connectivity index (χ4v) is 3.75. The minimum atomic E-state index is -0.413. The van der Waals surface area contributed by atoms with Gasteiger partial charge in [0.2, 0.25) is 0 Å². The molecule has 2 aliphatic heterocycles. The van der Waals surface area contributed by atoms with Crippen molar-refractivity contribution in [3.05, 3.63) is 35.6 Å². The lowest BCUT2D eigenvalue weighted by Crippen LogP contribution is -2.52. The average Bonchev–Trinajstić information content (AvgIpc) is 2.57. The Morgan fingerprint density at radius 3 is 2.82 bits per heavy atom. The summed E-state index contributed by atoms with van der Waals surface area (Å²) in [5.41, 5.74) is 0.671. The van der Waals surface area contributed by atoms with Gasteiger partial charge in [-0.15, -0.1) is 0 Å². The number of carbonyl (C=O) groups excluding carboxylic acids is 1. The maximum absolute atomic E-state index is 13.8.